The number of likely N-dealkylation sites (tertiary alicyclic amines) is 1. The van der Waals surface area contributed by atoms with Gasteiger partial charge in [0.05, 0.1) is 12.1 Å². The number of benzene rings is 2. The highest BCUT2D eigenvalue weighted by Gasteiger charge is 2.42. The number of halogens is 5. The van der Waals surface area contributed by atoms with E-state index in [1.54, 1.807) is 43.1 Å². The fourth-order valence-corrected chi connectivity index (χ4v) is 5.19. The van der Waals surface area contributed by atoms with Crippen LogP contribution in [0.4, 0.5) is 27.6 Å². The standard InChI is InChI=1S/C26H26F5N5O/c1-15(22(27)23-33-32-14-34(23)3)17-5-4-6-18(9-17)36-11-20-19(24(36)37)7-16(8-21(20)26(29,30)31)10-35-12-25(2,28)13-35/h4-9,14-15,22H,10-13H2,1-3H3/t15-,22+/m0/s1. The van der Waals surface area contributed by atoms with Crippen LogP contribution in [0.5, 0.6) is 0 Å². The summed E-state index contributed by atoms with van der Waals surface area (Å²) < 4.78 is 72.5. The molecule has 11 heteroatoms. The van der Waals surface area contributed by atoms with Crippen molar-refractivity contribution >= 4 is 11.6 Å². The maximum atomic E-state index is 15.2. The van der Waals surface area contributed by atoms with Crippen LogP contribution in [0, 0.1) is 0 Å². The minimum Gasteiger partial charge on any atom is -0.318 e. The smallest absolute Gasteiger partial charge is 0.318 e. The number of carbonyl (C=O) groups excluding carboxylic acids is 1. The molecule has 2 atom stereocenters. The van der Waals surface area contributed by atoms with Gasteiger partial charge in [-0.25, -0.2) is 8.78 Å². The molecule has 0 aliphatic carbocycles. The largest absolute Gasteiger partial charge is 0.416 e. The van der Waals surface area contributed by atoms with Gasteiger partial charge < -0.3 is 9.47 Å². The molecule has 1 saturated heterocycles. The van der Waals surface area contributed by atoms with Gasteiger partial charge in [0.15, 0.2) is 12.0 Å². The lowest BCUT2D eigenvalue weighted by atomic mass is 9.95. The molecular weight excluding hydrogens is 493 g/mol. The molecule has 6 nitrogen and oxygen atoms in total. The number of fused-ring (bicyclic) bond motifs is 1. The van der Waals surface area contributed by atoms with Gasteiger partial charge >= 0.3 is 6.18 Å². The molecule has 3 aromatic rings. The summed E-state index contributed by atoms with van der Waals surface area (Å²) >= 11 is 0. The van der Waals surface area contributed by atoms with Crippen molar-refractivity contribution in [2.75, 3.05) is 18.0 Å². The van der Waals surface area contributed by atoms with Crippen LogP contribution in [-0.4, -0.2) is 44.3 Å². The highest BCUT2D eigenvalue weighted by atomic mass is 19.4. The van der Waals surface area contributed by atoms with E-state index in [1.165, 1.54) is 28.8 Å². The van der Waals surface area contributed by atoms with Crippen LogP contribution in [0.25, 0.3) is 0 Å². The monoisotopic (exact) mass is 519 g/mol. The summed E-state index contributed by atoms with van der Waals surface area (Å²) in [6, 6.07) is 9.11. The third-order valence-electron chi connectivity index (χ3n) is 7.06. The van der Waals surface area contributed by atoms with Gasteiger partial charge in [0.2, 0.25) is 0 Å². The van der Waals surface area contributed by atoms with E-state index in [2.05, 4.69) is 10.2 Å². The maximum absolute atomic E-state index is 15.2. The lowest BCUT2D eigenvalue weighted by Gasteiger charge is -2.42. The highest BCUT2D eigenvalue weighted by Crippen LogP contribution is 2.41. The Balaban J connectivity index is 1.44. The van der Waals surface area contributed by atoms with Crippen molar-refractivity contribution in [3.63, 3.8) is 0 Å². The summed E-state index contributed by atoms with van der Waals surface area (Å²) in [5.74, 6) is -1.05. The van der Waals surface area contributed by atoms with E-state index in [1.807, 2.05) is 0 Å². The van der Waals surface area contributed by atoms with Crippen molar-refractivity contribution < 1.29 is 26.7 Å². The van der Waals surface area contributed by atoms with Crippen molar-refractivity contribution in [1.82, 2.24) is 19.7 Å². The van der Waals surface area contributed by atoms with Gasteiger partial charge in [-0.1, -0.05) is 19.1 Å². The maximum Gasteiger partial charge on any atom is 0.416 e. The first-order valence-corrected chi connectivity index (χ1v) is 11.9. The summed E-state index contributed by atoms with van der Waals surface area (Å²) in [5, 5.41) is 7.53. The van der Waals surface area contributed by atoms with Crippen LogP contribution in [0.2, 0.25) is 0 Å². The summed E-state index contributed by atoms with van der Waals surface area (Å²) in [5.41, 5.74) is -1.08. The number of hydrogen-bond donors (Lipinski definition) is 0. The molecule has 0 bridgehead atoms. The number of alkyl halides is 5. The predicted molar refractivity (Wildman–Crippen MR) is 126 cm³/mol. The number of anilines is 1. The van der Waals surface area contributed by atoms with Crippen molar-refractivity contribution in [1.29, 1.82) is 0 Å². The molecule has 1 amide bonds. The molecule has 1 fully saturated rings. The minimum absolute atomic E-state index is 0.0192. The molecule has 2 aliphatic heterocycles. The van der Waals surface area contributed by atoms with Crippen LogP contribution in [-0.2, 0) is 26.3 Å². The van der Waals surface area contributed by atoms with E-state index in [0.717, 1.165) is 6.07 Å². The summed E-state index contributed by atoms with van der Waals surface area (Å²) in [7, 11) is 1.63. The fourth-order valence-electron chi connectivity index (χ4n) is 5.19. The van der Waals surface area contributed by atoms with E-state index in [0.29, 0.717) is 16.8 Å². The van der Waals surface area contributed by atoms with Crippen molar-refractivity contribution in [3.05, 3.63) is 76.4 Å². The van der Waals surface area contributed by atoms with Gasteiger partial charge in [-0.2, -0.15) is 13.2 Å². The average Bonchev–Trinajstić information content (AvgIpc) is 3.39. The molecule has 37 heavy (non-hydrogen) atoms. The second-order valence-corrected chi connectivity index (χ2v) is 10.2. The fraction of sp³-hybridized carbons (Fsp3) is 0.423. The molecule has 0 saturated carbocycles. The van der Waals surface area contributed by atoms with Crippen LogP contribution < -0.4 is 4.90 Å². The van der Waals surface area contributed by atoms with Crippen molar-refractivity contribution in [3.8, 4) is 0 Å². The molecule has 2 aromatic carbocycles. The minimum atomic E-state index is -4.66. The van der Waals surface area contributed by atoms with Gasteiger partial charge in [-0.3, -0.25) is 9.69 Å². The van der Waals surface area contributed by atoms with E-state index in [-0.39, 0.29) is 43.1 Å². The lowest BCUT2D eigenvalue weighted by Crippen LogP contribution is -2.56. The van der Waals surface area contributed by atoms with Crippen LogP contribution >= 0.6 is 0 Å². The van der Waals surface area contributed by atoms with Crippen LogP contribution in [0.3, 0.4) is 0 Å². The van der Waals surface area contributed by atoms with E-state index in [9.17, 15) is 22.4 Å². The number of hydrogen-bond acceptors (Lipinski definition) is 4. The Morgan fingerprint density at radius 1 is 1.16 bits per heavy atom. The van der Waals surface area contributed by atoms with Gasteiger partial charge in [0, 0.05) is 43.9 Å². The summed E-state index contributed by atoms with van der Waals surface area (Å²) in [6.07, 6.45) is -4.73. The number of amides is 1. The first-order chi connectivity index (χ1) is 17.3. The zero-order chi connectivity index (χ0) is 26.7. The second-order valence-electron chi connectivity index (χ2n) is 10.2. The molecule has 5 rings (SSSR count). The summed E-state index contributed by atoms with van der Waals surface area (Å²) in [4.78, 5) is 16.3. The average molecular weight is 520 g/mol. The number of carbonyl (C=O) groups is 1. The summed E-state index contributed by atoms with van der Waals surface area (Å²) in [6.45, 7) is 3.24. The third-order valence-corrected chi connectivity index (χ3v) is 7.06. The zero-order valence-electron chi connectivity index (χ0n) is 20.6. The Morgan fingerprint density at radius 2 is 1.89 bits per heavy atom. The van der Waals surface area contributed by atoms with E-state index < -0.39 is 35.4 Å². The lowest BCUT2D eigenvalue weighted by molar-refractivity contribution is -0.138. The quantitative estimate of drug-likeness (QED) is 0.412. The van der Waals surface area contributed by atoms with Crippen LogP contribution in [0.15, 0.2) is 42.7 Å². The first-order valence-electron chi connectivity index (χ1n) is 11.9. The normalized spacial score (nSPS) is 19.0. The topological polar surface area (TPSA) is 54.3 Å². The molecule has 1 aromatic heterocycles. The number of aromatic nitrogens is 3. The molecule has 0 spiro atoms. The molecule has 196 valence electrons. The molecule has 0 N–H and O–H groups in total. The second kappa shape index (κ2) is 8.90. The van der Waals surface area contributed by atoms with Gasteiger partial charge in [-0.15, -0.1) is 10.2 Å². The Hall–Kier alpha value is -3.34. The molecular formula is C26H26F5N5O. The molecule has 3 heterocycles. The zero-order valence-corrected chi connectivity index (χ0v) is 20.6. The Morgan fingerprint density at radius 3 is 2.51 bits per heavy atom. The third kappa shape index (κ3) is 4.72. The Kier molecular flexibility index (Phi) is 6.09. The van der Waals surface area contributed by atoms with Gasteiger partial charge in [0.1, 0.15) is 12.0 Å². The van der Waals surface area contributed by atoms with E-state index in [4.69, 9.17) is 0 Å². The molecule has 0 radical (unpaired) electrons. The van der Waals surface area contributed by atoms with E-state index >= 15 is 4.39 Å². The number of aryl methyl sites for hydroxylation is 1. The predicted octanol–water partition coefficient (Wildman–Crippen LogP) is 5.35. The Bertz CT molecular complexity index is 1340. The van der Waals surface area contributed by atoms with Gasteiger partial charge in [-0.05, 0) is 47.9 Å². The SMILES string of the molecule is C[C@@H](c1cccc(N2Cc3c(cc(CN4CC(C)(F)C4)cc3C(F)(F)F)C2=O)c1)[C@@H](F)c1nncn1C. The highest BCUT2D eigenvalue weighted by molar-refractivity contribution is 6.10. The van der Waals surface area contributed by atoms with Crippen molar-refractivity contribution in [2.45, 2.75) is 50.9 Å². The number of rotatable bonds is 6. The Labute approximate surface area is 210 Å². The van der Waals surface area contributed by atoms with Gasteiger partial charge in [0.25, 0.3) is 5.91 Å². The first kappa shape index (κ1) is 25.3. The number of nitrogens with zero attached hydrogens (tertiary/aromatic N) is 5. The van der Waals surface area contributed by atoms with Crippen LogP contribution in [0.1, 0.15) is 64.4 Å². The van der Waals surface area contributed by atoms with Crippen molar-refractivity contribution in [2.24, 2.45) is 7.05 Å². The molecule has 0 unspecified atom stereocenters. The molecule has 2 aliphatic rings.